The number of hydrogen-bond donors (Lipinski definition) is 3. The topological polar surface area (TPSA) is 92.5 Å². The Morgan fingerprint density at radius 3 is 3.00 bits per heavy atom. The quantitative estimate of drug-likeness (QED) is 0.511. The van der Waals surface area contributed by atoms with Crippen LogP contribution in [-0.4, -0.2) is 54.7 Å². The molecule has 1 saturated heterocycles. The number of rotatable bonds is 5. The van der Waals surface area contributed by atoms with Crippen molar-refractivity contribution in [2.45, 2.75) is 13.0 Å². The molecule has 1 amide bonds. The van der Waals surface area contributed by atoms with Crippen LogP contribution in [0.1, 0.15) is 17.3 Å². The molecule has 2 rings (SSSR count). The molecular weight excluding hydrogens is 258 g/mol. The second-order valence-corrected chi connectivity index (χ2v) is 4.85. The van der Waals surface area contributed by atoms with Crippen LogP contribution in [0.2, 0.25) is 0 Å². The Morgan fingerprint density at radius 2 is 2.30 bits per heavy atom. The van der Waals surface area contributed by atoms with Gasteiger partial charge in [0.2, 0.25) is 0 Å². The summed E-state index contributed by atoms with van der Waals surface area (Å²) in [6, 6.07) is 1.70. The van der Waals surface area contributed by atoms with E-state index < -0.39 is 0 Å². The second-order valence-electron chi connectivity index (χ2n) is 4.85. The maximum Gasteiger partial charge on any atom is 0.253 e. The van der Waals surface area contributed by atoms with Gasteiger partial charge in [0.15, 0.2) is 0 Å². The van der Waals surface area contributed by atoms with E-state index in [0.717, 1.165) is 32.8 Å². The molecule has 1 fully saturated rings. The number of nitrogens with zero attached hydrogens (tertiary/aromatic N) is 2. The summed E-state index contributed by atoms with van der Waals surface area (Å²) in [7, 11) is 0. The van der Waals surface area contributed by atoms with Crippen LogP contribution in [0.15, 0.2) is 18.5 Å². The number of pyridine rings is 1. The monoisotopic (exact) mass is 279 g/mol. The van der Waals surface area contributed by atoms with Crippen LogP contribution < -0.4 is 16.6 Å². The largest absolute Gasteiger partial charge is 0.379 e. The minimum Gasteiger partial charge on any atom is -0.379 e. The molecule has 4 N–H and O–H groups in total. The molecule has 1 aliphatic rings. The highest BCUT2D eigenvalue weighted by Gasteiger charge is 2.17. The maximum absolute atomic E-state index is 12.2. The molecule has 1 aliphatic heterocycles. The standard InChI is InChI=1S/C13H21N5O2/c1-10(9-18-4-6-20-7-5-18)16-13(19)11-2-3-15-8-12(11)17-14/h2-3,8,10,17H,4-7,9,14H2,1H3,(H,16,19). The number of nitrogens with one attached hydrogen (secondary N) is 2. The van der Waals surface area contributed by atoms with Crippen molar-refractivity contribution in [1.29, 1.82) is 0 Å². The van der Waals surface area contributed by atoms with Gasteiger partial charge >= 0.3 is 0 Å². The normalized spacial score (nSPS) is 17.5. The van der Waals surface area contributed by atoms with Gasteiger partial charge in [-0.3, -0.25) is 20.5 Å². The lowest BCUT2D eigenvalue weighted by Crippen LogP contribution is -2.46. The third kappa shape index (κ3) is 3.89. The molecule has 0 aromatic carbocycles. The third-order valence-corrected chi connectivity index (χ3v) is 3.23. The van der Waals surface area contributed by atoms with Gasteiger partial charge in [-0.2, -0.15) is 0 Å². The lowest BCUT2D eigenvalue weighted by Gasteiger charge is -2.29. The highest BCUT2D eigenvalue weighted by Crippen LogP contribution is 2.11. The molecule has 0 aliphatic carbocycles. The van der Waals surface area contributed by atoms with E-state index >= 15 is 0 Å². The number of nitrogen functional groups attached to an aromatic ring is 1. The number of ether oxygens (including phenoxy) is 1. The zero-order chi connectivity index (χ0) is 14.4. The molecule has 7 heteroatoms. The van der Waals surface area contributed by atoms with Gasteiger partial charge in [0.05, 0.1) is 30.7 Å². The van der Waals surface area contributed by atoms with E-state index in [0.29, 0.717) is 11.3 Å². The molecule has 7 nitrogen and oxygen atoms in total. The van der Waals surface area contributed by atoms with Crippen LogP contribution in [0, 0.1) is 0 Å². The van der Waals surface area contributed by atoms with E-state index in [9.17, 15) is 4.79 Å². The molecule has 2 heterocycles. The molecule has 1 unspecified atom stereocenters. The number of aromatic nitrogens is 1. The van der Waals surface area contributed by atoms with Gasteiger partial charge in [0.1, 0.15) is 0 Å². The number of anilines is 1. The van der Waals surface area contributed by atoms with Gasteiger partial charge in [-0.05, 0) is 13.0 Å². The van der Waals surface area contributed by atoms with Crippen molar-refractivity contribution in [3.63, 3.8) is 0 Å². The van der Waals surface area contributed by atoms with Crippen LogP contribution in [0.4, 0.5) is 5.69 Å². The predicted molar refractivity (Wildman–Crippen MR) is 76.2 cm³/mol. The van der Waals surface area contributed by atoms with Crippen molar-refractivity contribution >= 4 is 11.6 Å². The van der Waals surface area contributed by atoms with Crippen molar-refractivity contribution in [2.75, 3.05) is 38.3 Å². The van der Waals surface area contributed by atoms with Gasteiger partial charge in [0, 0.05) is 31.9 Å². The number of carbonyl (C=O) groups excluding carboxylic acids is 1. The number of nitrogens with two attached hydrogens (primary N) is 1. The van der Waals surface area contributed by atoms with Crippen LogP contribution in [0.5, 0.6) is 0 Å². The fourth-order valence-electron chi connectivity index (χ4n) is 2.23. The van der Waals surface area contributed by atoms with E-state index in [1.807, 2.05) is 6.92 Å². The van der Waals surface area contributed by atoms with Crippen LogP contribution in [0.3, 0.4) is 0 Å². The van der Waals surface area contributed by atoms with E-state index in [1.165, 1.54) is 6.20 Å². The summed E-state index contributed by atoms with van der Waals surface area (Å²) < 4.78 is 5.30. The zero-order valence-corrected chi connectivity index (χ0v) is 11.6. The first-order valence-corrected chi connectivity index (χ1v) is 6.72. The van der Waals surface area contributed by atoms with Crippen molar-refractivity contribution < 1.29 is 9.53 Å². The average molecular weight is 279 g/mol. The van der Waals surface area contributed by atoms with Crippen LogP contribution in [-0.2, 0) is 4.74 Å². The summed E-state index contributed by atoms with van der Waals surface area (Å²) in [5.74, 6) is 5.22. The number of hydrazine groups is 1. The van der Waals surface area contributed by atoms with E-state index in [2.05, 4.69) is 20.6 Å². The first-order chi connectivity index (χ1) is 9.70. The number of morpholine rings is 1. The summed E-state index contributed by atoms with van der Waals surface area (Å²) >= 11 is 0. The minimum absolute atomic E-state index is 0.0550. The van der Waals surface area contributed by atoms with Gasteiger partial charge in [0.25, 0.3) is 5.91 Å². The van der Waals surface area contributed by atoms with Crippen LogP contribution >= 0.6 is 0 Å². The third-order valence-electron chi connectivity index (χ3n) is 3.23. The molecule has 20 heavy (non-hydrogen) atoms. The molecular formula is C13H21N5O2. The summed E-state index contributed by atoms with van der Waals surface area (Å²) in [6.07, 6.45) is 3.10. The fourth-order valence-corrected chi connectivity index (χ4v) is 2.23. The van der Waals surface area contributed by atoms with Crippen molar-refractivity contribution in [3.05, 3.63) is 24.0 Å². The fraction of sp³-hybridized carbons (Fsp3) is 0.538. The predicted octanol–water partition coefficient (Wildman–Crippen LogP) is -0.182. The maximum atomic E-state index is 12.2. The summed E-state index contributed by atoms with van der Waals surface area (Å²) in [5, 5.41) is 2.97. The lowest BCUT2D eigenvalue weighted by molar-refractivity contribution is 0.0342. The Morgan fingerprint density at radius 1 is 1.55 bits per heavy atom. The summed E-state index contributed by atoms with van der Waals surface area (Å²) in [4.78, 5) is 18.4. The lowest BCUT2D eigenvalue weighted by atomic mass is 10.2. The number of amides is 1. The molecule has 1 aromatic heterocycles. The highest BCUT2D eigenvalue weighted by atomic mass is 16.5. The molecule has 0 radical (unpaired) electrons. The van der Waals surface area contributed by atoms with Crippen molar-refractivity contribution in [3.8, 4) is 0 Å². The minimum atomic E-state index is -0.152. The van der Waals surface area contributed by atoms with Crippen molar-refractivity contribution in [2.24, 2.45) is 5.84 Å². The van der Waals surface area contributed by atoms with Gasteiger partial charge in [-0.15, -0.1) is 0 Å². The van der Waals surface area contributed by atoms with E-state index in [4.69, 9.17) is 10.6 Å². The second kappa shape index (κ2) is 7.18. The molecule has 0 saturated carbocycles. The van der Waals surface area contributed by atoms with E-state index in [1.54, 1.807) is 12.3 Å². The zero-order valence-electron chi connectivity index (χ0n) is 11.6. The Balaban J connectivity index is 1.89. The average Bonchev–Trinajstić information content (AvgIpc) is 2.48. The smallest absolute Gasteiger partial charge is 0.253 e. The Hall–Kier alpha value is -1.70. The van der Waals surface area contributed by atoms with Crippen LogP contribution in [0.25, 0.3) is 0 Å². The molecule has 0 bridgehead atoms. The van der Waals surface area contributed by atoms with Gasteiger partial charge in [-0.1, -0.05) is 0 Å². The summed E-state index contributed by atoms with van der Waals surface area (Å²) in [5.41, 5.74) is 3.49. The first kappa shape index (κ1) is 14.7. The number of carbonyl (C=O) groups is 1. The summed E-state index contributed by atoms with van der Waals surface area (Å²) in [6.45, 7) is 6.13. The SMILES string of the molecule is CC(CN1CCOCC1)NC(=O)c1ccncc1NN. The van der Waals surface area contributed by atoms with E-state index in [-0.39, 0.29) is 11.9 Å². The van der Waals surface area contributed by atoms with Gasteiger partial charge < -0.3 is 15.5 Å². The Kier molecular flexibility index (Phi) is 5.28. The molecule has 1 aromatic rings. The van der Waals surface area contributed by atoms with Crippen molar-refractivity contribution in [1.82, 2.24) is 15.2 Å². The molecule has 110 valence electrons. The number of hydrogen-bond acceptors (Lipinski definition) is 6. The molecule has 0 spiro atoms. The van der Waals surface area contributed by atoms with Gasteiger partial charge in [-0.25, -0.2) is 0 Å². The Labute approximate surface area is 118 Å². The molecule has 1 atom stereocenters. The first-order valence-electron chi connectivity index (χ1n) is 6.72. The Bertz CT molecular complexity index is 448. The highest BCUT2D eigenvalue weighted by molar-refractivity contribution is 5.99.